The number of imide groups is 1. The van der Waals surface area contributed by atoms with E-state index in [2.05, 4.69) is 33.2 Å². The predicted molar refractivity (Wildman–Crippen MR) is 113 cm³/mol. The molecule has 2 amide bonds. The van der Waals surface area contributed by atoms with Crippen LogP contribution in [0.25, 0.3) is 11.3 Å². The van der Waals surface area contributed by atoms with Crippen molar-refractivity contribution in [1.29, 1.82) is 0 Å². The number of rotatable bonds is 4. The van der Waals surface area contributed by atoms with Gasteiger partial charge in [0.15, 0.2) is 0 Å². The zero-order valence-corrected chi connectivity index (χ0v) is 17.6. The van der Waals surface area contributed by atoms with Crippen molar-refractivity contribution in [3.63, 3.8) is 0 Å². The van der Waals surface area contributed by atoms with Gasteiger partial charge in [0.1, 0.15) is 11.5 Å². The van der Waals surface area contributed by atoms with E-state index in [1.165, 1.54) is 12.3 Å². The lowest BCUT2D eigenvalue weighted by atomic mass is 9.63. The Balaban J connectivity index is 1.26. The van der Waals surface area contributed by atoms with Crippen molar-refractivity contribution in [3.05, 3.63) is 62.8 Å². The van der Waals surface area contributed by atoms with Crippen LogP contribution in [0.4, 0.5) is 5.69 Å². The molecule has 7 rings (SSSR count). The van der Waals surface area contributed by atoms with Crippen LogP contribution in [0.1, 0.15) is 12.2 Å². The highest BCUT2D eigenvalue weighted by Gasteiger charge is 2.67. The summed E-state index contributed by atoms with van der Waals surface area (Å²) in [6.45, 7) is 0. The molecular formula is C22H16BrN3O5. The third-order valence-corrected chi connectivity index (χ3v) is 7.48. The highest BCUT2D eigenvalue weighted by atomic mass is 79.9. The van der Waals surface area contributed by atoms with Crippen LogP contribution >= 0.6 is 15.9 Å². The lowest BCUT2D eigenvalue weighted by Gasteiger charge is -2.37. The van der Waals surface area contributed by atoms with Gasteiger partial charge in [-0.2, -0.15) is 10.1 Å². The number of hydrogen-bond donors (Lipinski definition) is 0. The Labute approximate surface area is 184 Å². The van der Waals surface area contributed by atoms with Gasteiger partial charge in [-0.05, 0) is 54.4 Å². The molecule has 0 spiro atoms. The molecule has 6 atom stereocenters. The maximum Gasteiger partial charge on any atom is 0.281 e. The van der Waals surface area contributed by atoms with Gasteiger partial charge < -0.3 is 4.42 Å². The number of hydrazone groups is 1. The number of halogens is 1. The average molecular weight is 482 g/mol. The Morgan fingerprint density at radius 2 is 1.77 bits per heavy atom. The topological polar surface area (TPSA) is 106 Å². The lowest BCUT2D eigenvalue weighted by molar-refractivity contribution is -0.384. The Morgan fingerprint density at radius 1 is 1.10 bits per heavy atom. The zero-order valence-electron chi connectivity index (χ0n) is 16.1. The third-order valence-electron chi connectivity index (χ3n) is 6.99. The Morgan fingerprint density at radius 3 is 2.42 bits per heavy atom. The van der Waals surface area contributed by atoms with E-state index in [0.717, 1.165) is 11.4 Å². The quantitative estimate of drug-likeness (QED) is 0.215. The minimum atomic E-state index is -0.480. The summed E-state index contributed by atoms with van der Waals surface area (Å²) in [6.07, 6.45) is 6.65. The molecule has 1 aromatic carbocycles. The van der Waals surface area contributed by atoms with E-state index < -0.39 is 4.92 Å². The maximum atomic E-state index is 13.0. The van der Waals surface area contributed by atoms with Gasteiger partial charge in [-0.15, -0.1) is 0 Å². The van der Waals surface area contributed by atoms with E-state index in [0.29, 0.717) is 33.4 Å². The first kappa shape index (κ1) is 18.7. The second kappa shape index (κ2) is 6.46. The molecular weight excluding hydrogens is 466 g/mol. The molecule has 6 unspecified atom stereocenters. The van der Waals surface area contributed by atoms with E-state index in [1.54, 1.807) is 24.3 Å². The Hall–Kier alpha value is -3.07. The summed E-state index contributed by atoms with van der Waals surface area (Å²) in [5, 5.41) is 16.5. The summed E-state index contributed by atoms with van der Waals surface area (Å²) in [5.41, 5.74) is 0.233. The smallest absolute Gasteiger partial charge is 0.281 e. The maximum absolute atomic E-state index is 13.0. The monoisotopic (exact) mass is 481 g/mol. The van der Waals surface area contributed by atoms with Crippen LogP contribution in [0.2, 0.25) is 0 Å². The molecule has 3 fully saturated rings. The van der Waals surface area contributed by atoms with Crippen molar-refractivity contribution in [3.8, 4) is 11.3 Å². The fourth-order valence-corrected chi connectivity index (χ4v) is 5.95. The van der Waals surface area contributed by atoms with Crippen LogP contribution in [0, 0.1) is 45.6 Å². The van der Waals surface area contributed by atoms with E-state index in [-0.39, 0.29) is 41.2 Å². The summed E-state index contributed by atoms with van der Waals surface area (Å²) in [6, 6.07) is 7.89. The van der Waals surface area contributed by atoms with Crippen LogP contribution < -0.4 is 0 Å². The summed E-state index contributed by atoms with van der Waals surface area (Å²) in [7, 11) is 0. The van der Waals surface area contributed by atoms with Crippen LogP contribution in [-0.2, 0) is 9.59 Å². The Kier molecular flexibility index (Phi) is 3.89. The second-order valence-corrected chi connectivity index (χ2v) is 9.42. The average Bonchev–Trinajstić information content (AvgIpc) is 3.39. The molecule has 156 valence electrons. The van der Waals surface area contributed by atoms with Gasteiger partial charge in [-0.1, -0.05) is 28.1 Å². The number of nitro benzene ring substituents is 1. The summed E-state index contributed by atoms with van der Waals surface area (Å²) in [4.78, 5) is 36.8. The van der Waals surface area contributed by atoms with Gasteiger partial charge in [-0.3, -0.25) is 19.7 Å². The van der Waals surface area contributed by atoms with Gasteiger partial charge in [0.2, 0.25) is 0 Å². The lowest BCUT2D eigenvalue weighted by Crippen LogP contribution is -2.40. The molecule has 1 aliphatic heterocycles. The first-order chi connectivity index (χ1) is 14.9. The second-order valence-electron chi connectivity index (χ2n) is 8.51. The number of furan rings is 1. The normalized spacial score (nSPS) is 32.6. The highest BCUT2D eigenvalue weighted by molar-refractivity contribution is 9.10. The highest BCUT2D eigenvalue weighted by Crippen LogP contribution is 2.65. The predicted octanol–water partition coefficient (Wildman–Crippen LogP) is 4.00. The number of allylic oxidation sites excluding steroid dienone is 2. The van der Waals surface area contributed by atoms with Crippen molar-refractivity contribution in [2.24, 2.45) is 40.6 Å². The largest absolute Gasteiger partial charge is 0.455 e. The molecule has 4 aliphatic carbocycles. The number of nitro groups is 1. The molecule has 0 radical (unpaired) electrons. The Bertz CT molecular complexity index is 1180. The van der Waals surface area contributed by atoms with Crippen molar-refractivity contribution < 1.29 is 18.9 Å². The minimum Gasteiger partial charge on any atom is -0.455 e. The molecule has 0 N–H and O–H groups in total. The first-order valence-corrected chi connectivity index (χ1v) is 10.9. The van der Waals surface area contributed by atoms with Crippen molar-refractivity contribution >= 4 is 39.6 Å². The van der Waals surface area contributed by atoms with E-state index in [4.69, 9.17) is 4.42 Å². The van der Waals surface area contributed by atoms with Gasteiger partial charge in [-0.25, -0.2) is 0 Å². The molecule has 1 saturated heterocycles. The molecule has 2 aromatic rings. The summed E-state index contributed by atoms with van der Waals surface area (Å²) in [5.74, 6) is 0.856. The molecule has 9 heteroatoms. The number of benzene rings is 1. The van der Waals surface area contributed by atoms with Crippen LogP contribution in [0.5, 0.6) is 0 Å². The van der Waals surface area contributed by atoms with Gasteiger partial charge in [0.25, 0.3) is 17.5 Å². The molecule has 31 heavy (non-hydrogen) atoms. The van der Waals surface area contributed by atoms with E-state index >= 15 is 0 Å². The van der Waals surface area contributed by atoms with Crippen molar-refractivity contribution in [2.75, 3.05) is 0 Å². The third kappa shape index (κ3) is 2.69. The van der Waals surface area contributed by atoms with Crippen molar-refractivity contribution in [2.45, 2.75) is 6.42 Å². The summed E-state index contributed by atoms with van der Waals surface area (Å²) < 4.78 is 6.29. The van der Waals surface area contributed by atoms with Crippen LogP contribution in [-0.4, -0.2) is 28.0 Å². The number of carbonyl (C=O) groups excluding carboxylic acids is 2. The van der Waals surface area contributed by atoms with Crippen LogP contribution in [0.15, 0.2) is 56.5 Å². The molecule has 1 aromatic heterocycles. The fraction of sp³-hybridized carbons (Fsp3) is 0.318. The van der Waals surface area contributed by atoms with Crippen LogP contribution in [0.3, 0.4) is 0 Å². The number of amides is 2. The van der Waals surface area contributed by atoms with Gasteiger partial charge in [0.05, 0.1) is 28.5 Å². The zero-order chi connectivity index (χ0) is 21.4. The molecule has 2 saturated carbocycles. The number of hydrogen-bond acceptors (Lipinski definition) is 6. The SMILES string of the molecule is O=C1C2C3C=CC(C4CC34)C2C(=O)N1/N=C/c1ccc(-c2ccc(Br)cc2[N+](=O)[O-])o1. The molecule has 5 aliphatic rings. The fourth-order valence-electron chi connectivity index (χ4n) is 5.60. The first-order valence-electron chi connectivity index (χ1n) is 10.1. The minimum absolute atomic E-state index is 0.0947. The number of carbonyl (C=O) groups is 2. The van der Waals surface area contributed by atoms with E-state index in [9.17, 15) is 19.7 Å². The molecule has 2 bridgehead atoms. The number of nitrogens with zero attached hydrogens (tertiary/aromatic N) is 3. The molecule has 2 heterocycles. The molecule has 8 nitrogen and oxygen atoms in total. The summed E-state index contributed by atoms with van der Waals surface area (Å²) >= 11 is 3.23. The van der Waals surface area contributed by atoms with E-state index in [1.807, 2.05) is 0 Å². The van der Waals surface area contributed by atoms with Gasteiger partial charge in [0, 0.05) is 10.5 Å². The van der Waals surface area contributed by atoms with Crippen molar-refractivity contribution in [1.82, 2.24) is 5.01 Å². The van der Waals surface area contributed by atoms with Gasteiger partial charge >= 0.3 is 0 Å². The standard InChI is InChI=1S/C22H16BrN3O5/c23-10-1-3-14(17(7-10)26(29)30)18-6-2-11(31-18)9-24-25-21(27)19-12-4-5-13(16-8-15(12)16)20(19)22(25)28/h1-7,9,12-13,15-16,19-20H,8H2/b24-9+.